The first-order chi connectivity index (χ1) is 18.1. The van der Waals surface area contributed by atoms with Crippen LogP contribution in [-0.4, -0.2) is 50.9 Å². The van der Waals surface area contributed by atoms with Crippen LogP contribution in [0.1, 0.15) is 65.2 Å². The molecule has 1 saturated carbocycles. The highest BCUT2D eigenvalue weighted by Gasteiger charge is 2.31. The van der Waals surface area contributed by atoms with E-state index in [9.17, 15) is 27.9 Å². The van der Waals surface area contributed by atoms with Crippen molar-refractivity contribution >= 4 is 11.9 Å². The molecule has 1 unspecified atom stereocenters. The molecular weight excluding hydrogens is 503 g/mol. The minimum absolute atomic E-state index is 0.290. The number of nitrogens with zero attached hydrogens (tertiary/aromatic N) is 2. The molecule has 3 N–H and O–H groups in total. The number of amides is 1. The summed E-state index contributed by atoms with van der Waals surface area (Å²) in [5.41, 5.74) is 3.82. The Kier molecular flexibility index (Phi) is 8.35. The molecule has 0 spiro atoms. The monoisotopic (exact) mass is 531 g/mol. The largest absolute Gasteiger partial charge is 0.573 e. The van der Waals surface area contributed by atoms with Gasteiger partial charge in [0.25, 0.3) is 5.91 Å². The van der Waals surface area contributed by atoms with Crippen molar-refractivity contribution in [3.05, 3.63) is 77.1 Å². The maximum Gasteiger partial charge on any atom is 0.573 e. The number of carbonyl (C=O) groups is 2. The van der Waals surface area contributed by atoms with Crippen molar-refractivity contribution in [2.75, 3.05) is 6.54 Å². The molecule has 1 aliphatic carbocycles. The highest BCUT2D eigenvalue weighted by molar-refractivity contribution is 5.94. The number of hydrogen-bond acceptors (Lipinski definition) is 5. The molecule has 38 heavy (non-hydrogen) atoms. The Bertz CT molecular complexity index is 1250. The average Bonchev–Trinajstić information content (AvgIpc) is 3.31. The van der Waals surface area contributed by atoms with Crippen LogP contribution in [0.5, 0.6) is 5.75 Å². The van der Waals surface area contributed by atoms with Gasteiger partial charge in [0.05, 0.1) is 17.9 Å². The highest BCUT2D eigenvalue weighted by atomic mass is 19.4. The van der Waals surface area contributed by atoms with Crippen molar-refractivity contribution in [2.24, 2.45) is 0 Å². The van der Waals surface area contributed by atoms with Crippen molar-refractivity contribution in [1.82, 2.24) is 15.1 Å². The SMILES string of the molecule is O=C(NCC(O)C(=O)O)c1ccc(Cc2cn(-c3ccc(OC(F)(F)F)cc3)nc2C2CCCCC2)cc1. The van der Waals surface area contributed by atoms with Gasteiger partial charge in [-0.25, -0.2) is 9.48 Å². The minimum Gasteiger partial charge on any atom is -0.479 e. The van der Waals surface area contributed by atoms with E-state index in [1.807, 2.05) is 6.20 Å². The molecule has 0 radical (unpaired) electrons. The van der Waals surface area contributed by atoms with E-state index < -0.39 is 30.9 Å². The number of aromatic nitrogens is 2. The Balaban J connectivity index is 1.52. The van der Waals surface area contributed by atoms with E-state index in [1.165, 1.54) is 30.7 Å². The van der Waals surface area contributed by atoms with Crippen LogP contribution in [0.25, 0.3) is 5.69 Å². The van der Waals surface area contributed by atoms with Gasteiger partial charge in [0.1, 0.15) is 5.75 Å². The molecule has 1 atom stereocenters. The molecule has 1 fully saturated rings. The summed E-state index contributed by atoms with van der Waals surface area (Å²) in [6, 6.07) is 12.4. The van der Waals surface area contributed by atoms with Gasteiger partial charge in [-0.2, -0.15) is 5.10 Å². The molecule has 4 rings (SSSR count). The summed E-state index contributed by atoms with van der Waals surface area (Å²) in [5.74, 6) is -1.92. The third-order valence-corrected chi connectivity index (χ3v) is 6.50. The number of alkyl halides is 3. The third kappa shape index (κ3) is 7.12. The quantitative estimate of drug-likeness (QED) is 0.372. The Labute approximate surface area is 217 Å². The fourth-order valence-electron chi connectivity index (χ4n) is 4.58. The molecule has 2 aromatic carbocycles. The summed E-state index contributed by atoms with van der Waals surface area (Å²) in [6.45, 7) is -0.400. The molecule has 11 heteroatoms. The average molecular weight is 532 g/mol. The van der Waals surface area contributed by atoms with E-state index in [2.05, 4.69) is 10.1 Å². The molecule has 202 valence electrons. The zero-order valence-electron chi connectivity index (χ0n) is 20.4. The maximum absolute atomic E-state index is 12.5. The number of rotatable bonds is 9. The van der Waals surface area contributed by atoms with Crippen LogP contribution in [0.3, 0.4) is 0 Å². The predicted octanol–water partition coefficient (Wildman–Crippen LogP) is 4.58. The first-order valence-corrected chi connectivity index (χ1v) is 12.3. The van der Waals surface area contributed by atoms with Gasteiger partial charge < -0.3 is 20.3 Å². The van der Waals surface area contributed by atoms with Crippen molar-refractivity contribution in [2.45, 2.75) is 56.9 Å². The first-order valence-electron chi connectivity index (χ1n) is 12.3. The van der Waals surface area contributed by atoms with Gasteiger partial charge in [-0.15, -0.1) is 13.2 Å². The number of carboxylic acid groups (broad SMARTS) is 1. The van der Waals surface area contributed by atoms with Crippen molar-refractivity contribution in [3.63, 3.8) is 0 Å². The number of nitrogens with one attached hydrogen (secondary N) is 1. The first kappa shape index (κ1) is 27.2. The van der Waals surface area contributed by atoms with Gasteiger partial charge >= 0.3 is 12.3 Å². The summed E-state index contributed by atoms with van der Waals surface area (Å²) in [6.07, 6.45) is 1.43. The zero-order valence-corrected chi connectivity index (χ0v) is 20.4. The van der Waals surface area contributed by atoms with Gasteiger partial charge in [0.2, 0.25) is 0 Å². The lowest BCUT2D eigenvalue weighted by Gasteiger charge is -2.21. The fourth-order valence-corrected chi connectivity index (χ4v) is 4.58. The molecule has 1 amide bonds. The van der Waals surface area contributed by atoms with E-state index in [0.717, 1.165) is 42.5 Å². The molecule has 1 aliphatic rings. The lowest BCUT2D eigenvalue weighted by atomic mass is 9.85. The standard InChI is InChI=1S/C27H28F3N3O5/c28-27(29,30)38-22-12-10-21(11-13-22)33-16-20(24(32-33)18-4-2-1-3-5-18)14-17-6-8-19(9-7-17)25(35)31-15-23(34)26(36)37/h6-13,16,18,23,34H,1-5,14-15H2,(H,31,35)(H,36,37). The third-order valence-electron chi connectivity index (χ3n) is 6.50. The molecular formula is C27H28F3N3O5. The molecule has 8 nitrogen and oxygen atoms in total. The van der Waals surface area contributed by atoms with Crippen LogP contribution in [0, 0.1) is 0 Å². The normalized spacial score (nSPS) is 15.2. The zero-order chi connectivity index (χ0) is 27.3. The van der Waals surface area contributed by atoms with Crippen LogP contribution in [0.15, 0.2) is 54.7 Å². The van der Waals surface area contributed by atoms with Crippen LogP contribution in [0.4, 0.5) is 13.2 Å². The topological polar surface area (TPSA) is 114 Å². The number of carbonyl (C=O) groups excluding carboxylic acids is 1. The van der Waals surface area contributed by atoms with Crippen molar-refractivity contribution < 1.29 is 37.7 Å². The van der Waals surface area contributed by atoms with E-state index in [1.54, 1.807) is 28.9 Å². The Morgan fingerprint density at radius 1 is 1.05 bits per heavy atom. The van der Waals surface area contributed by atoms with E-state index in [0.29, 0.717) is 23.6 Å². The predicted molar refractivity (Wildman–Crippen MR) is 131 cm³/mol. The van der Waals surface area contributed by atoms with E-state index in [-0.39, 0.29) is 5.75 Å². The van der Waals surface area contributed by atoms with Gasteiger partial charge in [0, 0.05) is 24.1 Å². The number of aliphatic hydroxyl groups is 1. The smallest absolute Gasteiger partial charge is 0.479 e. The van der Waals surface area contributed by atoms with Gasteiger partial charge in [-0.1, -0.05) is 31.4 Å². The summed E-state index contributed by atoms with van der Waals surface area (Å²) in [7, 11) is 0. The van der Waals surface area contributed by atoms with E-state index in [4.69, 9.17) is 10.2 Å². The molecule has 0 aliphatic heterocycles. The Hall–Kier alpha value is -3.86. The number of hydrogen-bond donors (Lipinski definition) is 3. The summed E-state index contributed by atoms with van der Waals surface area (Å²) < 4.78 is 43.2. The number of aliphatic hydroxyl groups excluding tert-OH is 1. The number of carboxylic acids is 1. The lowest BCUT2D eigenvalue weighted by Crippen LogP contribution is -2.36. The van der Waals surface area contributed by atoms with Crippen LogP contribution in [0.2, 0.25) is 0 Å². The van der Waals surface area contributed by atoms with Crippen molar-refractivity contribution in [3.8, 4) is 11.4 Å². The fraction of sp³-hybridized carbons (Fsp3) is 0.370. The second kappa shape index (κ2) is 11.7. The maximum atomic E-state index is 12.5. The molecule has 1 heterocycles. The number of ether oxygens (including phenoxy) is 1. The summed E-state index contributed by atoms with van der Waals surface area (Å²) in [4.78, 5) is 23.0. The van der Waals surface area contributed by atoms with Crippen LogP contribution < -0.4 is 10.1 Å². The number of aliphatic carboxylic acids is 1. The Morgan fingerprint density at radius 3 is 2.32 bits per heavy atom. The van der Waals surface area contributed by atoms with Crippen LogP contribution >= 0.6 is 0 Å². The summed E-state index contributed by atoms with van der Waals surface area (Å²) >= 11 is 0. The molecule has 0 saturated heterocycles. The summed E-state index contributed by atoms with van der Waals surface area (Å²) in [5, 5.41) is 25.3. The van der Waals surface area contributed by atoms with Gasteiger partial charge in [0.15, 0.2) is 6.10 Å². The molecule has 0 bridgehead atoms. The van der Waals surface area contributed by atoms with Gasteiger partial charge in [-0.3, -0.25) is 4.79 Å². The highest BCUT2D eigenvalue weighted by Crippen LogP contribution is 2.35. The second-order valence-electron chi connectivity index (χ2n) is 9.30. The number of halogens is 3. The molecule has 1 aromatic heterocycles. The Morgan fingerprint density at radius 2 is 1.71 bits per heavy atom. The molecule has 3 aromatic rings. The van der Waals surface area contributed by atoms with Gasteiger partial charge in [-0.05, 0) is 60.4 Å². The van der Waals surface area contributed by atoms with Crippen LogP contribution in [-0.2, 0) is 11.2 Å². The van der Waals surface area contributed by atoms with Crippen molar-refractivity contribution in [1.29, 1.82) is 0 Å². The number of benzene rings is 2. The van der Waals surface area contributed by atoms with E-state index >= 15 is 0 Å². The lowest BCUT2D eigenvalue weighted by molar-refractivity contribution is -0.274. The minimum atomic E-state index is -4.76. The second-order valence-corrected chi connectivity index (χ2v) is 9.30.